The molecule has 12 heavy (non-hydrogen) atoms. The Bertz CT molecular complexity index is 194. The van der Waals surface area contributed by atoms with Crippen LogP contribution >= 0.6 is 0 Å². The van der Waals surface area contributed by atoms with Crippen LogP contribution in [0.2, 0.25) is 0 Å². The van der Waals surface area contributed by atoms with Crippen molar-refractivity contribution in [2.24, 2.45) is 0 Å². The van der Waals surface area contributed by atoms with Gasteiger partial charge in [-0.1, -0.05) is 13.3 Å². The molecule has 2 nitrogen and oxygen atoms in total. The Morgan fingerprint density at radius 2 is 2.42 bits per heavy atom. The summed E-state index contributed by atoms with van der Waals surface area (Å²) in [7, 11) is 2.00. The third kappa shape index (κ3) is 2.70. The molecule has 0 aliphatic heterocycles. The van der Waals surface area contributed by atoms with E-state index in [1.807, 2.05) is 19.2 Å². The summed E-state index contributed by atoms with van der Waals surface area (Å²) in [6.45, 7) is 2.20. The Labute approximate surface area is 74.0 Å². The first-order valence-electron chi connectivity index (χ1n) is 4.56. The largest absolute Gasteiger partial charge is 0.469 e. The maximum Gasteiger partial charge on any atom is 0.105 e. The van der Waals surface area contributed by atoms with Gasteiger partial charge in [0, 0.05) is 12.5 Å². The molecule has 0 aromatic carbocycles. The molecule has 1 heterocycles. The predicted molar refractivity (Wildman–Crippen MR) is 50.2 cm³/mol. The highest BCUT2D eigenvalue weighted by Crippen LogP contribution is 2.07. The van der Waals surface area contributed by atoms with Crippen LogP contribution in [-0.4, -0.2) is 13.1 Å². The second-order valence-electron chi connectivity index (χ2n) is 3.06. The second kappa shape index (κ2) is 4.99. The smallest absolute Gasteiger partial charge is 0.105 e. The van der Waals surface area contributed by atoms with Crippen LogP contribution in [0, 0.1) is 0 Å². The van der Waals surface area contributed by atoms with Crippen molar-refractivity contribution in [1.29, 1.82) is 0 Å². The monoisotopic (exact) mass is 167 g/mol. The van der Waals surface area contributed by atoms with E-state index in [0.29, 0.717) is 6.04 Å². The van der Waals surface area contributed by atoms with E-state index < -0.39 is 0 Å². The highest BCUT2D eigenvalue weighted by atomic mass is 16.3. The first kappa shape index (κ1) is 9.33. The number of furan rings is 1. The van der Waals surface area contributed by atoms with Crippen LogP contribution in [0.15, 0.2) is 22.8 Å². The molecule has 1 N–H and O–H groups in total. The van der Waals surface area contributed by atoms with Crippen LogP contribution < -0.4 is 5.32 Å². The topological polar surface area (TPSA) is 25.2 Å². The van der Waals surface area contributed by atoms with Crippen LogP contribution in [0.1, 0.15) is 25.5 Å². The zero-order chi connectivity index (χ0) is 8.81. The number of rotatable bonds is 5. The lowest BCUT2D eigenvalue weighted by Gasteiger charge is -2.12. The highest BCUT2D eigenvalue weighted by molar-refractivity contribution is 5.00. The Kier molecular flexibility index (Phi) is 3.88. The normalized spacial score (nSPS) is 13.2. The molecule has 0 saturated carbocycles. The molecular weight excluding hydrogens is 150 g/mol. The summed E-state index contributed by atoms with van der Waals surface area (Å²) in [5, 5.41) is 3.28. The zero-order valence-electron chi connectivity index (χ0n) is 7.84. The molecule has 68 valence electrons. The maximum absolute atomic E-state index is 5.27. The molecule has 1 atom stereocenters. The minimum Gasteiger partial charge on any atom is -0.469 e. The second-order valence-corrected chi connectivity index (χ2v) is 3.06. The number of likely N-dealkylation sites (N-methyl/N-ethyl adjacent to an activating group) is 1. The van der Waals surface area contributed by atoms with Gasteiger partial charge in [0.2, 0.25) is 0 Å². The van der Waals surface area contributed by atoms with Crippen LogP contribution in [0.25, 0.3) is 0 Å². The van der Waals surface area contributed by atoms with Crippen molar-refractivity contribution in [1.82, 2.24) is 5.32 Å². The lowest BCUT2D eigenvalue weighted by atomic mass is 10.1. The fourth-order valence-corrected chi connectivity index (χ4v) is 1.37. The molecule has 0 amide bonds. The van der Waals surface area contributed by atoms with Crippen molar-refractivity contribution in [3.8, 4) is 0 Å². The minimum atomic E-state index is 0.557. The fraction of sp³-hybridized carbons (Fsp3) is 0.600. The third-order valence-electron chi connectivity index (χ3n) is 2.07. The van der Waals surface area contributed by atoms with Gasteiger partial charge in [0.1, 0.15) is 5.76 Å². The number of hydrogen-bond acceptors (Lipinski definition) is 2. The van der Waals surface area contributed by atoms with Crippen molar-refractivity contribution >= 4 is 0 Å². The zero-order valence-corrected chi connectivity index (χ0v) is 7.84. The maximum atomic E-state index is 5.27. The van der Waals surface area contributed by atoms with Crippen molar-refractivity contribution in [2.75, 3.05) is 7.05 Å². The Morgan fingerprint density at radius 1 is 1.58 bits per heavy atom. The summed E-state index contributed by atoms with van der Waals surface area (Å²) >= 11 is 0. The molecule has 0 spiro atoms. The van der Waals surface area contributed by atoms with Gasteiger partial charge in [-0.2, -0.15) is 0 Å². The SMILES string of the molecule is CCCC(Cc1ccco1)NC. The summed E-state index contributed by atoms with van der Waals surface area (Å²) in [6.07, 6.45) is 5.15. The summed E-state index contributed by atoms with van der Waals surface area (Å²) < 4.78 is 5.27. The fourth-order valence-electron chi connectivity index (χ4n) is 1.37. The average Bonchev–Trinajstić information content (AvgIpc) is 2.56. The number of hydrogen-bond donors (Lipinski definition) is 1. The highest BCUT2D eigenvalue weighted by Gasteiger charge is 2.06. The standard InChI is InChI=1S/C10H17NO/c1-3-5-9(11-2)8-10-6-4-7-12-10/h4,6-7,9,11H,3,5,8H2,1-2H3. The van der Waals surface area contributed by atoms with E-state index in [4.69, 9.17) is 4.42 Å². The van der Waals surface area contributed by atoms with E-state index >= 15 is 0 Å². The van der Waals surface area contributed by atoms with Crippen molar-refractivity contribution in [3.05, 3.63) is 24.2 Å². The number of nitrogens with one attached hydrogen (secondary N) is 1. The Balaban J connectivity index is 2.37. The molecule has 1 aromatic heterocycles. The Hall–Kier alpha value is -0.760. The van der Waals surface area contributed by atoms with Gasteiger partial charge in [0.05, 0.1) is 6.26 Å². The van der Waals surface area contributed by atoms with Crippen molar-refractivity contribution in [2.45, 2.75) is 32.2 Å². The molecule has 1 aromatic rings. The quantitative estimate of drug-likeness (QED) is 0.727. The summed E-state index contributed by atoms with van der Waals surface area (Å²) in [4.78, 5) is 0. The summed E-state index contributed by atoms with van der Waals surface area (Å²) in [5.74, 6) is 1.07. The minimum absolute atomic E-state index is 0.557. The molecule has 1 rings (SSSR count). The van der Waals surface area contributed by atoms with Gasteiger partial charge in [0.15, 0.2) is 0 Å². The van der Waals surface area contributed by atoms with Gasteiger partial charge >= 0.3 is 0 Å². The van der Waals surface area contributed by atoms with Crippen LogP contribution in [0.4, 0.5) is 0 Å². The Morgan fingerprint density at radius 3 is 2.92 bits per heavy atom. The first-order valence-corrected chi connectivity index (χ1v) is 4.56. The van der Waals surface area contributed by atoms with Gasteiger partial charge in [0.25, 0.3) is 0 Å². The van der Waals surface area contributed by atoms with Gasteiger partial charge in [-0.15, -0.1) is 0 Å². The third-order valence-corrected chi connectivity index (χ3v) is 2.07. The average molecular weight is 167 g/mol. The van der Waals surface area contributed by atoms with Gasteiger partial charge in [-0.05, 0) is 25.6 Å². The first-order chi connectivity index (χ1) is 5.86. The van der Waals surface area contributed by atoms with E-state index in [2.05, 4.69) is 12.2 Å². The predicted octanol–water partition coefficient (Wildman–Crippen LogP) is 2.21. The lowest BCUT2D eigenvalue weighted by Crippen LogP contribution is -2.26. The molecule has 0 bridgehead atoms. The van der Waals surface area contributed by atoms with E-state index in [1.54, 1.807) is 6.26 Å². The van der Waals surface area contributed by atoms with Crippen LogP contribution in [0.5, 0.6) is 0 Å². The summed E-state index contributed by atoms with van der Waals surface area (Å²) in [6, 6.07) is 4.52. The molecule has 0 radical (unpaired) electrons. The molecule has 0 aliphatic carbocycles. The van der Waals surface area contributed by atoms with Crippen LogP contribution in [-0.2, 0) is 6.42 Å². The van der Waals surface area contributed by atoms with Gasteiger partial charge < -0.3 is 9.73 Å². The molecule has 0 fully saturated rings. The van der Waals surface area contributed by atoms with E-state index in [-0.39, 0.29) is 0 Å². The van der Waals surface area contributed by atoms with Gasteiger partial charge in [-0.3, -0.25) is 0 Å². The molecule has 0 aliphatic rings. The molecular formula is C10H17NO. The summed E-state index contributed by atoms with van der Waals surface area (Å²) in [5.41, 5.74) is 0. The van der Waals surface area contributed by atoms with Crippen LogP contribution in [0.3, 0.4) is 0 Å². The van der Waals surface area contributed by atoms with E-state index in [0.717, 1.165) is 12.2 Å². The van der Waals surface area contributed by atoms with Gasteiger partial charge in [-0.25, -0.2) is 0 Å². The molecule has 0 saturated heterocycles. The molecule has 1 unspecified atom stereocenters. The van der Waals surface area contributed by atoms with Crippen molar-refractivity contribution < 1.29 is 4.42 Å². The van der Waals surface area contributed by atoms with E-state index in [9.17, 15) is 0 Å². The van der Waals surface area contributed by atoms with Crippen molar-refractivity contribution in [3.63, 3.8) is 0 Å². The molecule has 2 heteroatoms. The lowest BCUT2D eigenvalue weighted by molar-refractivity contribution is 0.441. The van der Waals surface area contributed by atoms with E-state index in [1.165, 1.54) is 12.8 Å².